The van der Waals surface area contributed by atoms with Gasteiger partial charge in [-0.1, -0.05) is 15.9 Å². The maximum atomic E-state index is 10.8. The molecule has 1 aliphatic heterocycles. The molecule has 0 amide bonds. The average molecular weight is 193 g/mol. The summed E-state index contributed by atoms with van der Waals surface area (Å²) in [4.78, 5) is 10.9. The Morgan fingerprint density at radius 2 is 2.44 bits per heavy atom. The van der Waals surface area contributed by atoms with Gasteiger partial charge in [-0.25, -0.2) is 0 Å². The first-order valence-electron chi connectivity index (χ1n) is 3.05. The molecule has 0 N–H and O–H groups in total. The minimum absolute atomic E-state index is 0.0417. The van der Waals surface area contributed by atoms with Gasteiger partial charge in [-0.3, -0.25) is 4.79 Å². The summed E-state index contributed by atoms with van der Waals surface area (Å²) in [6.07, 6.45) is 1.90. The van der Waals surface area contributed by atoms with Gasteiger partial charge in [0.2, 0.25) is 0 Å². The first-order valence-corrected chi connectivity index (χ1v) is 3.97. The standard InChI is InChI=1S/C6H9BrO2/c7-5-2-1-3-9-4-6(5)8/h5H,1-4H2. The van der Waals surface area contributed by atoms with Crippen LogP contribution in [0.3, 0.4) is 0 Å². The van der Waals surface area contributed by atoms with E-state index in [1.165, 1.54) is 0 Å². The third kappa shape index (κ3) is 2.06. The summed E-state index contributed by atoms with van der Waals surface area (Å²) in [5.74, 6) is 0.174. The number of carbonyl (C=O) groups excluding carboxylic acids is 1. The number of ketones is 1. The fraction of sp³-hybridized carbons (Fsp3) is 0.833. The molecule has 0 saturated carbocycles. The van der Waals surface area contributed by atoms with Gasteiger partial charge in [0.25, 0.3) is 0 Å². The van der Waals surface area contributed by atoms with Crippen molar-refractivity contribution < 1.29 is 9.53 Å². The Morgan fingerprint density at radius 3 is 3.22 bits per heavy atom. The zero-order chi connectivity index (χ0) is 6.69. The molecule has 1 unspecified atom stereocenters. The highest BCUT2D eigenvalue weighted by Crippen LogP contribution is 2.12. The molecule has 3 heteroatoms. The molecule has 0 radical (unpaired) electrons. The van der Waals surface area contributed by atoms with Crippen LogP contribution in [0.25, 0.3) is 0 Å². The van der Waals surface area contributed by atoms with Gasteiger partial charge in [0.15, 0.2) is 5.78 Å². The quantitative estimate of drug-likeness (QED) is 0.539. The van der Waals surface area contributed by atoms with Crippen molar-refractivity contribution in [3.05, 3.63) is 0 Å². The monoisotopic (exact) mass is 192 g/mol. The topological polar surface area (TPSA) is 26.3 Å². The molecule has 1 atom stereocenters. The fourth-order valence-corrected chi connectivity index (χ4v) is 1.24. The van der Waals surface area contributed by atoms with Crippen LogP contribution in [-0.2, 0) is 9.53 Å². The molecule has 2 nitrogen and oxygen atoms in total. The molecule has 0 bridgehead atoms. The van der Waals surface area contributed by atoms with Crippen LogP contribution < -0.4 is 0 Å². The number of rotatable bonds is 0. The summed E-state index contributed by atoms with van der Waals surface area (Å²) >= 11 is 3.27. The summed E-state index contributed by atoms with van der Waals surface area (Å²) < 4.78 is 5.00. The first-order chi connectivity index (χ1) is 4.30. The van der Waals surface area contributed by atoms with Crippen molar-refractivity contribution in [1.29, 1.82) is 0 Å². The largest absolute Gasteiger partial charge is 0.374 e. The second kappa shape index (κ2) is 3.32. The molecule has 0 aliphatic carbocycles. The number of ether oxygens (including phenoxy) is 1. The summed E-state index contributed by atoms with van der Waals surface area (Å²) in [5, 5.41) is 0. The summed E-state index contributed by atoms with van der Waals surface area (Å²) in [5.41, 5.74) is 0. The van der Waals surface area contributed by atoms with E-state index in [0.717, 1.165) is 19.4 Å². The summed E-state index contributed by atoms with van der Waals surface area (Å²) in [6, 6.07) is 0. The van der Waals surface area contributed by atoms with Gasteiger partial charge in [-0.2, -0.15) is 0 Å². The van der Waals surface area contributed by atoms with Gasteiger partial charge < -0.3 is 4.74 Å². The Morgan fingerprint density at radius 1 is 1.67 bits per heavy atom. The van der Waals surface area contributed by atoms with Gasteiger partial charge in [0.05, 0.1) is 4.83 Å². The van der Waals surface area contributed by atoms with Crippen molar-refractivity contribution in [2.45, 2.75) is 17.7 Å². The predicted molar refractivity (Wildman–Crippen MR) is 37.8 cm³/mol. The smallest absolute Gasteiger partial charge is 0.172 e. The van der Waals surface area contributed by atoms with Gasteiger partial charge in [-0.05, 0) is 12.8 Å². The van der Waals surface area contributed by atoms with Gasteiger partial charge in [0, 0.05) is 6.61 Å². The average Bonchev–Trinajstić information content (AvgIpc) is 1.99. The normalized spacial score (nSPS) is 29.9. The van der Waals surface area contributed by atoms with Crippen LogP contribution in [0, 0.1) is 0 Å². The third-order valence-electron chi connectivity index (χ3n) is 1.34. The fourth-order valence-electron chi connectivity index (χ4n) is 0.789. The van der Waals surface area contributed by atoms with E-state index in [0.29, 0.717) is 0 Å². The van der Waals surface area contributed by atoms with Crippen molar-refractivity contribution in [2.24, 2.45) is 0 Å². The highest BCUT2D eigenvalue weighted by molar-refractivity contribution is 9.10. The van der Waals surface area contributed by atoms with E-state index >= 15 is 0 Å². The van der Waals surface area contributed by atoms with Gasteiger partial charge >= 0.3 is 0 Å². The minimum Gasteiger partial charge on any atom is -0.374 e. The van der Waals surface area contributed by atoms with Crippen molar-refractivity contribution in [3.8, 4) is 0 Å². The molecule has 9 heavy (non-hydrogen) atoms. The Hall–Kier alpha value is 0.110. The second-order valence-electron chi connectivity index (χ2n) is 2.13. The van der Waals surface area contributed by atoms with Crippen molar-refractivity contribution in [2.75, 3.05) is 13.2 Å². The Labute approximate surface area is 62.7 Å². The second-order valence-corrected chi connectivity index (χ2v) is 3.23. The van der Waals surface area contributed by atoms with E-state index in [-0.39, 0.29) is 17.2 Å². The lowest BCUT2D eigenvalue weighted by molar-refractivity contribution is -0.121. The molecule has 1 saturated heterocycles. The molecule has 52 valence electrons. The van der Waals surface area contributed by atoms with E-state index in [1.54, 1.807) is 0 Å². The molecule has 0 aromatic carbocycles. The van der Waals surface area contributed by atoms with Crippen LogP contribution in [0.4, 0.5) is 0 Å². The Balaban J connectivity index is 2.41. The zero-order valence-electron chi connectivity index (χ0n) is 5.10. The van der Waals surface area contributed by atoms with Crippen LogP contribution in [0.2, 0.25) is 0 Å². The highest BCUT2D eigenvalue weighted by Gasteiger charge is 2.16. The van der Waals surface area contributed by atoms with E-state index < -0.39 is 0 Å². The van der Waals surface area contributed by atoms with Crippen LogP contribution in [0.1, 0.15) is 12.8 Å². The molecule has 0 aromatic rings. The third-order valence-corrected chi connectivity index (χ3v) is 2.31. The highest BCUT2D eigenvalue weighted by atomic mass is 79.9. The zero-order valence-corrected chi connectivity index (χ0v) is 6.69. The molecule has 0 spiro atoms. The predicted octanol–water partition coefficient (Wildman–Crippen LogP) is 1.13. The van der Waals surface area contributed by atoms with Crippen molar-refractivity contribution in [1.82, 2.24) is 0 Å². The van der Waals surface area contributed by atoms with E-state index in [9.17, 15) is 4.79 Å². The lowest BCUT2D eigenvalue weighted by Crippen LogP contribution is -2.15. The van der Waals surface area contributed by atoms with Gasteiger partial charge in [-0.15, -0.1) is 0 Å². The number of hydrogen-bond donors (Lipinski definition) is 0. The number of alkyl halides is 1. The van der Waals surface area contributed by atoms with E-state index in [1.807, 2.05) is 0 Å². The maximum Gasteiger partial charge on any atom is 0.172 e. The number of carbonyl (C=O) groups is 1. The Kier molecular flexibility index (Phi) is 2.66. The number of Topliss-reactive ketones (excluding diaryl/α,β-unsaturated/α-hetero) is 1. The molecule has 1 aliphatic rings. The van der Waals surface area contributed by atoms with Crippen molar-refractivity contribution >= 4 is 21.7 Å². The van der Waals surface area contributed by atoms with Crippen molar-refractivity contribution in [3.63, 3.8) is 0 Å². The van der Waals surface area contributed by atoms with E-state index in [2.05, 4.69) is 15.9 Å². The van der Waals surface area contributed by atoms with E-state index in [4.69, 9.17) is 4.74 Å². The van der Waals surface area contributed by atoms with Crippen LogP contribution in [-0.4, -0.2) is 23.8 Å². The summed E-state index contributed by atoms with van der Waals surface area (Å²) in [6.45, 7) is 1.02. The minimum atomic E-state index is 0.0417. The molecule has 0 aromatic heterocycles. The lowest BCUT2D eigenvalue weighted by Gasteiger charge is -1.99. The van der Waals surface area contributed by atoms with Crippen LogP contribution >= 0.6 is 15.9 Å². The van der Waals surface area contributed by atoms with Crippen LogP contribution in [0.5, 0.6) is 0 Å². The molecular weight excluding hydrogens is 184 g/mol. The number of halogens is 1. The summed E-state index contributed by atoms with van der Waals surface area (Å²) in [7, 11) is 0. The number of hydrogen-bond acceptors (Lipinski definition) is 2. The molecule has 1 rings (SSSR count). The molecule has 1 fully saturated rings. The van der Waals surface area contributed by atoms with Crippen LogP contribution in [0.15, 0.2) is 0 Å². The molecule has 1 heterocycles. The Bertz CT molecular complexity index is 114. The lowest BCUT2D eigenvalue weighted by atomic mass is 10.2. The molecular formula is C6H9BrO2. The SMILES string of the molecule is O=C1COCCCC1Br. The van der Waals surface area contributed by atoms with Gasteiger partial charge in [0.1, 0.15) is 6.61 Å². The maximum absolute atomic E-state index is 10.8. The first kappa shape index (κ1) is 7.22.